The van der Waals surface area contributed by atoms with Gasteiger partial charge in [-0.2, -0.15) is 13.2 Å². The molecule has 0 spiro atoms. The normalized spacial score (nSPS) is 12.0. The molecule has 0 aliphatic carbocycles. The number of nitrogen functional groups attached to an aromatic ring is 1. The van der Waals surface area contributed by atoms with Crippen molar-refractivity contribution in [3.8, 4) is 11.3 Å². The van der Waals surface area contributed by atoms with Gasteiger partial charge < -0.3 is 5.73 Å². The first-order valence-corrected chi connectivity index (χ1v) is 6.19. The standard InChI is InChI=1S/C14H13F4N3/c1-7(2)11-12(20-6-21-13(11)19)8-3-4-10(15)9(5-8)14(16,17)18/h3-7H,1-2H3,(H2,19,20,21). The fraction of sp³-hybridized carbons (Fsp3) is 0.286. The van der Waals surface area contributed by atoms with Crippen molar-refractivity contribution in [3.05, 3.63) is 41.5 Å². The van der Waals surface area contributed by atoms with Crippen molar-refractivity contribution < 1.29 is 17.6 Å². The lowest BCUT2D eigenvalue weighted by molar-refractivity contribution is -0.139. The van der Waals surface area contributed by atoms with Gasteiger partial charge in [-0.05, 0) is 24.1 Å². The van der Waals surface area contributed by atoms with Gasteiger partial charge in [0.25, 0.3) is 0 Å². The van der Waals surface area contributed by atoms with Crippen LogP contribution < -0.4 is 5.73 Å². The van der Waals surface area contributed by atoms with E-state index in [-0.39, 0.29) is 23.0 Å². The molecule has 2 aromatic rings. The number of anilines is 1. The third kappa shape index (κ3) is 2.96. The number of benzene rings is 1. The zero-order valence-electron chi connectivity index (χ0n) is 11.4. The van der Waals surface area contributed by atoms with E-state index in [1.54, 1.807) is 0 Å². The Morgan fingerprint density at radius 2 is 1.81 bits per heavy atom. The molecule has 0 saturated heterocycles. The van der Waals surface area contributed by atoms with Gasteiger partial charge in [0.05, 0.1) is 11.3 Å². The highest BCUT2D eigenvalue weighted by Gasteiger charge is 2.34. The largest absolute Gasteiger partial charge is 0.419 e. The van der Waals surface area contributed by atoms with Crippen molar-refractivity contribution in [1.82, 2.24) is 9.97 Å². The Bertz CT molecular complexity index is 666. The van der Waals surface area contributed by atoms with E-state index in [0.717, 1.165) is 12.1 Å². The van der Waals surface area contributed by atoms with Gasteiger partial charge in [-0.25, -0.2) is 14.4 Å². The minimum atomic E-state index is -4.77. The molecule has 2 N–H and O–H groups in total. The molecule has 1 heterocycles. The lowest BCUT2D eigenvalue weighted by atomic mass is 9.96. The van der Waals surface area contributed by atoms with Gasteiger partial charge >= 0.3 is 6.18 Å². The van der Waals surface area contributed by atoms with Crippen LogP contribution in [0.15, 0.2) is 24.5 Å². The first-order chi connectivity index (χ1) is 9.71. The molecule has 21 heavy (non-hydrogen) atoms. The lowest BCUT2D eigenvalue weighted by Crippen LogP contribution is -2.09. The molecule has 0 unspecified atom stereocenters. The smallest absolute Gasteiger partial charge is 0.383 e. The molecule has 3 nitrogen and oxygen atoms in total. The molecule has 0 amide bonds. The molecular weight excluding hydrogens is 286 g/mol. The van der Waals surface area contributed by atoms with Crippen molar-refractivity contribution in [1.29, 1.82) is 0 Å². The molecule has 2 rings (SSSR count). The van der Waals surface area contributed by atoms with Gasteiger partial charge in [-0.3, -0.25) is 0 Å². The maximum Gasteiger partial charge on any atom is 0.419 e. The van der Waals surface area contributed by atoms with E-state index in [1.807, 2.05) is 13.8 Å². The SMILES string of the molecule is CC(C)c1c(N)ncnc1-c1ccc(F)c(C(F)(F)F)c1. The Labute approximate surface area is 118 Å². The molecule has 7 heteroatoms. The highest BCUT2D eigenvalue weighted by molar-refractivity contribution is 5.69. The first-order valence-electron chi connectivity index (χ1n) is 6.19. The average Bonchev–Trinajstić information content (AvgIpc) is 2.37. The van der Waals surface area contributed by atoms with Gasteiger partial charge in [-0.1, -0.05) is 13.8 Å². The second-order valence-corrected chi connectivity index (χ2v) is 4.87. The Kier molecular flexibility index (Phi) is 3.85. The van der Waals surface area contributed by atoms with Crippen LogP contribution in [-0.2, 0) is 6.18 Å². The number of nitrogens with two attached hydrogens (primary N) is 1. The van der Waals surface area contributed by atoms with Crippen molar-refractivity contribution in [2.45, 2.75) is 25.9 Å². The maximum atomic E-state index is 13.3. The van der Waals surface area contributed by atoms with Crippen molar-refractivity contribution in [2.75, 3.05) is 5.73 Å². The van der Waals surface area contributed by atoms with Gasteiger partial charge in [0.15, 0.2) is 0 Å². The molecular formula is C14H13F4N3. The molecule has 0 saturated carbocycles. The van der Waals surface area contributed by atoms with Crippen molar-refractivity contribution in [2.24, 2.45) is 0 Å². The lowest BCUT2D eigenvalue weighted by Gasteiger charge is -2.15. The Hall–Kier alpha value is -2.18. The van der Waals surface area contributed by atoms with E-state index in [4.69, 9.17) is 5.73 Å². The second-order valence-electron chi connectivity index (χ2n) is 4.87. The predicted molar refractivity (Wildman–Crippen MR) is 70.9 cm³/mol. The van der Waals surface area contributed by atoms with Gasteiger partial charge in [0.1, 0.15) is 18.0 Å². The van der Waals surface area contributed by atoms with Gasteiger partial charge in [0.2, 0.25) is 0 Å². The van der Waals surface area contributed by atoms with Gasteiger partial charge in [-0.15, -0.1) is 0 Å². The van der Waals surface area contributed by atoms with Crippen LogP contribution in [0.2, 0.25) is 0 Å². The van der Waals surface area contributed by atoms with Crippen LogP contribution in [0.3, 0.4) is 0 Å². The molecule has 1 aromatic carbocycles. The van der Waals surface area contributed by atoms with Crippen LogP contribution in [0.25, 0.3) is 11.3 Å². The zero-order chi connectivity index (χ0) is 15.8. The number of hydrogen-bond acceptors (Lipinski definition) is 3. The Morgan fingerprint density at radius 3 is 2.38 bits per heavy atom. The summed E-state index contributed by atoms with van der Waals surface area (Å²) >= 11 is 0. The first kappa shape index (κ1) is 15.2. The Morgan fingerprint density at radius 1 is 1.14 bits per heavy atom. The number of nitrogens with zero attached hydrogens (tertiary/aromatic N) is 2. The summed E-state index contributed by atoms with van der Waals surface area (Å²) in [7, 11) is 0. The number of hydrogen-bond donors (Lipinski definition) is 1. The summed E-state index contributed by atoms with van der Waals surface area (Å²) in [5.41, 5.74) is 5.41. The van der Waals surface area contributed by atoms with E-state index < -0.39 is 17.6 Å². The number of halogens is 4. The van der Waals surface area contributed by atoms with Crippen LogP contribution in [0.4, 0.5) is 23.4 Å². The maximum absolute atomic E-state index is 13.3. The van der Waals surface area contributed by atoms with E-state index in [9.17, 15) is 17.6 Å². The number of alkyl halides is 3. The van der Waals surface area contributed by atoms with E-state index in [2.05, 4.69) is 9.97 Å². The quantitative estimate of drug-likeness (QED) is 0.852. The van der Waals surface area contributed by atoms with Crippen LogP contribution in [0, 0.1) is 5.82 Å². The minimum Gasteiger partial charge on any atom is -0.383 e. The molecule has 0 radical (unpaired) electrons. The highest BCUT2D eigenvalue weighted by atomic mass is 19.4. The van der Waals surface area contributed by atoms with Crippen molar-refractivity contribution in [3.63, 3.8) is 0 Å². The second kappa shape index (κ2) is 5.31. The third-order valence-electron chi connectivity index (χ3n) is 3.04. The molecule has 0 aliphatic rings. The summed E-state index contributed by atoms with van der Waals surface area (Å²) in [5.74, 6) is -1.20. The molecule has 0 bridgehead atoms. The minimum absolute atomic E-state index is 0.0828. The van der Waals surface area contributed by atoms with Gasteiger partial charge in [0, 0.05) is 11.1 Å². The topological polar surface area (TPSA) is 51.8 Å². The fourth-order valence-corrected chi connectivity index (χ4v) is 2.10. The van der Waals surface area contributed by atoms with Crippen LogP contribution >= 0.6 is 0 Å². The predicted octanol–water partition coefficient (Wildman–Crippen LogP) is 4.01. The molecule has 112 valence electrons. The Balaban J connectivity index is 2.66. The zero-order valence-corrected chi connectivity index (χ0v) is 11.4. The summed E-state index contributed by atoms with van der Waals surface area (Å²) in [6.45, 7) is 3.65. The third-order valence-corrected chi connectivity index (χ3v) is 3.04. The van der Waals surface area contributed by atoms with Crippen LogP contribution in [0.5, 0.6) is 0 Å². The van der Waals surface area contributed by atoms with E-state index >= 15 is 0 Å². The highest BCUT2D eigenvalue weighted by Crippen LogP contribution is 2.36. The number of aromatic nitrogens is 2. The average molecular weight is 299 g/mol. The molecule has 0 fully saturated rings. The van der Waals surface area contributed by atoms with E-state index in [1.165, 1.54) is 12.4 Å². The summed E-state index contributed by atoms with van der Waals surface area (Å²) in [4.78, 5) is 7.85. The molecule has 1 aromatic heterocycles. The summed E-state index contributed by atoms with van der Waals surface area (Å²) in [6.07, 6.45) is -3.59. The van der Waals surface area contributed by atoms with Crippen LogP contribution in [0.1, 0.15) is 30.9 Å². The molecule has 0 aliphatic heterocycles. The summed E-state index contributed by atoms with van der Waals surface area (Å²) in [5, 5.41) is 0. The molecule has 0 atom stereocenters. The van der Waals surface area contributed by atoms with E-state index in [0.29, 0.717) is 5.56 Å². The monoisotopic (exact) mass is 299 g/mol. The summed E-state index contributed by atoms with van der Waals surface area (Å²) < 4.78 is 51.7. The fourth-order valence-electron chi connectivity index (χ4n) is 2.10. The van der Waals surface area contributed by atoms with Crippen molar-refractivity contribution >= 4 is 5.82 Å². The van der Waals surface area contributed by atoms with Crippen LogP contribution in [-0.4, -0.2) is 9.97 Å². The number of rotatable bonds is 2. The summed E-state index contributed by atoms with van der Waals surface area (Å²) in [6, 6.07) is 2.77.